The Morgan fingerprint density at radius 1 is 0.880 bits per heavy atom. The van der Waals surface area contributed by atoms with Crippen molar-refractivity contribution in [2.45, 2.75) is 39.0 Å². The molecule has 4 rings (SSSR count). The largest absolute Gasteiger partial charge is 0.485 e. The van der Waals surface area contributed by atoms with E-state index in [0.717, 1.165) is 11.5 Å². The number of rotatable bonds is 7. The highest BCUT2D eigenvalue weighted by molar-refractivity contribution is 7.26. The van der Waals surface area contributed by atoms with Gasteiger partial charge in [0.25, 0.3) is 0 Å². The van der Waals surface area contributed by atoms with E-state index >= 15 is 0 Å². The maximum Gasteiger partial charge on any atom is 0.181 e. The normalized spacial score (nSPS) is 13.3. The van der Waals surface area contributed by atoms with Gasteiger partial charge in [0.15, 0.2) is 11.5 Å². The van der Waals surface area contributed by atoms with Gasteiger partial charge in [-0.05, 0) is 36.4 Å². The number of thiophene rings is 3. The van der Waals surface area contributed by atoms with Crippen LogP contribution in [0.1, 0.15) is 37.5 Å². The number of ether oxygens (including phenoxy) is 2. The third-order valence-electron chi connectivity index (χ3n) is 4.31. The fourth-order valence-corrected chi connectivity index (χ4v) is 6.24. The highest BCUT2D eigenvalue weighted by atomic mass is 32.1. The van der Waals surface area contributed by atoms with Crippen LogP contribution in [-0.2, 0) is 6.42 Å². The van der Waals surface area contributed by atoms with E-state index in [9.17, 15) is 0 Å². The van der Waals surface area contributed by atoms with E-state index in [2.05, 4.69) is 36.6 Å². The average molecular weight is 391 g/mol. The number of hydrogen-bond donors (Lipinski definition) is 0. The van der Waals surface area contributed by atoms with Crippen molar-refractivity contribution in [3.05, 3.63) is 34.5 Å². The maximum atomic E-state index is 6.01. The summed E-state index contributed by atoms with van der Waals surface area (Å²) in [7, 11) is 0. The molecule has 3 aromatic heterocycles. The molecule has 0 spiro atoms. The number of aryl methyl sites for hydroxylation is 1. The summed E-state index contributed by atoms with van der Waals surface area (Å²) in [5, 5.41) is 2.12. The monoisotopic (exact) mass is 390 g/mol. The molecule has 0 amide bonds. The van der Waals surface area contributed by atoms with Crippen LogP contribution in [0.5, 0.6) is 11.5 Å². The predicted octanol–water partition coefficient (Wildman–Crippen LogP) is 7.10. The van der Waals surface area contributed by atoms with Crippen molar-refractivity contribution in [2.24, 2.45) is 0 Å². The van der Waals surface area contributed by atoms with Crippen LogP contribution in [0.25, 0.3) is 19.5 Å². The molecule has 0 atom stereocenters. The van der Waals surface area contributed by atoms with Gasteiger partial charge in [0.2, 0.25) is 0 Å². The predicted molar refractivity (Wildman–Crippen MR) is 110 cm³/mol. The third-order valence-corrected chi connectivity index (χ3v) is 7.83. The summed E-state index contributed by atoms with van der Waals surface area (Å²) in [6, 6.07) is 8.79. The van der Waals surface area contributed by atoms with Gasteiger partial charge in [0.1, 0.15) is 13.2 Å². The summed E-state index contributed by atoms with van der Waals surface area (Å²) < 4.78 is 12.0. The van der Waals surface area contributed by atoms with Crippen molar-refractivity contribution in [1.82, 2.24) is 0 Å². The minimum Gasteiger partial charge on any atom is -0.485 e. The molecule has 132 valence electrons. The molecule has 0 radical (unpaired) electrons. The summed E-state index contributed by atoms with van der Waals surface area (Å²) in [4.78, 5) is 6.47. The van der Waals surface area contributed by atoms with E-state index in [1.807, 2.05) is 11.3 Å². The van der Waals surface area contributed by atoms with E-state index in [1.165, 1.54) is 56.5 Å². The van der Waals surface area contributed by atoms with Gasteiger partial charge >= 0.3 is 0 Å². The first-order chi connectivity index (χ1) is 12.4. The highest BCUT2D eigenvalue weighted by Gasteiger charge is 2.27. The van der Waals surface area contributed by atoms with Crippen LogP contribution in [0.3, 0.4) is 0 Å². The second kappa shape index (κ2) is 7.94. The Morgan fingerprint density at radius 3 is 2.40 bits per heavy atom. The molecule has 0 N–H and O–H groups in total. The zero-order valence-corrected chi connectivity index (χ0v) is 16.8. The number of fused-ring (bicyclic) bond motifs is 1. The van der Waals surface area contributed by atoms with Gasteiger partial charge in [-0.3, -0.25) is 0 Å². The molecule has 0 saturated heterocycles. The molecule has 1 aliphatic rings. The molecule has 25 heavy (non-hydrogen) atoms. The smallest absolute Gasteiger partial charge is 0.181 e. The summed E-state index contributed by atoms with van der Waals surface area (Å²) >= 11 is 5.46. The topological polar surface area (TPSA) is 18.5 Å². The van der Waals surface area contributed by atoms with Crippen LogP contribution in [0.4, 0.5) is 0 Å². The number of hydrogen-bond acceptors (Lipinski definition) is 5. The summed E-state index contributed by atoms with van der Waals surface area (Å²) in [5.41, 5.74) is 0. The lowest BCUT2D eigenvalue weighted by Gasteiger charge is -2.16. The lowest BCUT2D eigenvalue weighted by Crippen LogP contribution is -2.14. The zero-order chi connectivity index (χ0) is 17.1. The van der Waals surface area contributed by atoms with Gasteiger partial charge < -0.3 is 9.47 Å². The molecule has 0 unspecified atom stereocenters. The van der Waals surface area contributed by atoms with Gasteiger partial charge in [0.05, 0.1) is 9.75 Å². The molecule has 0 bridgehead atoms. The zero-order valence-electron chi connectivity index (χ0n) is 14.4. The molecule has 0 aromatic carbocycles. The van der Waals surface area contributed by atoms with Crippen molar-refractivity contribution >= 4 is 34.0 Å². The molecule has 2 nitrogen and oxygen atoms in total. The second-order valence-electron chi connectivity index (χ2n) is 6.17. The van der Waals surface area contributed by atoms with Crippen molar-refractivity contribution < 1.29 is 9.47 Å². The lowest BCUT2D eigenvalue weighted by atomic mass is 10.1. The minimum absolute atomic E-state index is 0.634. The Morgan fingerprint density at radius 2 is 1.68 bits per heavy atom. The average Bonchev–Trinajstić information content (AvgIpc) is 3.37. The van der Waals surface area contributed by atoms with Crippen molar-refractivity contribution in [3.8, 4) is 31.0 Å². The first-order valence-electron chi connectivity index (χ1n) is 8.92. The molecular formula is C20H22O2S3. The molecule has 3 aromatic rings. The van der Waals surface area contributed by atoms with Gasteiger partial charge in [-0.1, -0.05) is 32.3 Å². The second-order valence-corrected chi connectivity index (χ2v) is 9.31. The van der Waals surface area contributed by atoms with E-state index in [1.54, 1.807) is 22.7 Å². The summed E-state index contributed by atoms with van der Waals surface area (Å²) in [6.07, 6.45) is 6.44. The third kappa shape index (κ3) is 3.64. The first-order valence-corrected chi connectivity index (χ1v) is 11.4. The Bertz CT molecular complexity index is 814. The Hall–Kier alpha value is -1.30. The standard InChI is InChI=1S/C20H22O2S3/c1-2-3-4-5-7-14-9-10-16(24-14)20-18-17(21-11-12-22-18)19(25-20)15-8-6-13-23-15/h6,8-10,13H,2-5,7,11-12H2,1H3. The van der Waals surface area contributed by atoms with E-state index in [4.69, 9.17) is 9.47 Å². The highest BCUT2D eigenvalue weighted by Crippen LogP contribution is 2.55. The van der Waals surface area contributed by atoms with Gasteiger partial charge in [0, 0.05) is 14.6 Å². The van der Waals surface area contributed by atoms with E-state index in [-0.39, 0.29) is 0 Å². The molecule has 0 saturated carbocycles. The van der Waals surface area contributed by atoms with Gasteiger partial charge in [-0.15, -0.1) is 34.0 Å². The van der Waals surface area contributed by atoms with Crippen LogP contribution < -0.4 is 9.47 Å². The minimum atomic E-state index is 0.634. The van der Waals surface area contributed by atoms with Crippen LogP contribution in [0, 0.1) is 0 Å². The molecule has 4 heterocycles. The van der Waals surface area contributed by atoms with Gasteiger partial charge in [-0.2, -0.15) is 0 Å². The van der Waals surface area contributed by atoms with E-state index < -0.39 is 0 Å². The summed E-state index contributed by atoms with van der Waals surface area (Å²) in [5.74, 6) is 1.88. The molecule has 5 heteroatoms. The van der Waals surface area contributed by atoms with Crippen LogP contribution in [0.15, 0.2) is 29.6 Å². The Kier molecular flexibility index (Phi) is 5.44. The molecular weight excluding hydrogens is 368 g/mol. The van der Waals surface area contributed by atoms with Crippen LogP contribution in [0.2, 0.25) is 0 Å². The SMILES string of the molecule is CCCCCCc1ccc(-c2sc(-c3cccs3)c3c2OCCO3)s1. The van der Waals surface area contributed by atoms with Crippen LogP contribution >= 0.6 is 34.0 Å². The van der Waals surface area contributed by atoms with Crippen molar-refractivity contribution in [3.63, 3.8) is 0 Å². The molecule has 0 aliphatic carbocycles. The quantitative estimate of drug-likeness (QED) is 0.401. The van der Waals surface area contributed by atoms with Crippen molar-refractivity contribution in [1.29, 1.82) is 0 Å². The molecule has 0 fully saturated rings. The summed E-state index contributed by atoms with van der Waals surface area (Å²) in [6.45, 7) is 3.53. The Balaban J connectivity index is 1.61. The van der Waals surface area contributed by atoms with E-state index in [0.29, 0.717) is 13.2 Å². The fourth-order valence-electron chi connectivity index (χ4n) is 3.04. The fraction of sp³-hybridized carbons (Fsp3) is 0.400. The van der Waals surface area contributed by atoms with Crippen molar-refractivity contribution in [2.75, 3.05) is 13.2 Å². The molecule has 1 aliphatic heterocycles. The lowest BCUT2D eigenvalue weighted by molar-refractivity contribution is 0.175. The maximum absolute atomic E-state index is 6.01. The number of unbranched alkanes of at least 4 members (excludes halogenated alkanes) is 3. The van der Waals surface area contributed by atoms with Gasteiger partial charge in [-0.25, -0.2) is 0 Å². The van der Waals surface area contributed by atoms with Crippen LogP contribution in [-0.4, -0.2) is 13.2 Å². The Labute approximate surface area is 161 Å². The first kappa shape index (κ1) is 17.1.